The van der Waals surface area contributed by atoms with Crippen LogP contribution >= 0.6 is 11.6 Å². The highest BCUT2D eigenvalue weighted by Gasteiger charge is 2.23. The standard InChI is InChI=1S/C20H31ClN6/c1-7-22-12-27(20-25-18(21)24-19(26-20)23-8-2)17-15(13(3)4)10-9-11-16(17)14(5)6/h9-11,13-14,22H,7-8,12H2,1-6H3,(H,23,24,25,26). The number of hydrogen-bond donors (Lipinski definition) is 2. The van der Waals surface area contributed by atoms with E-state index in [0.29, 0.717) is 36.9 Å². The molecule has 6 nitrogen and oxygen atoms in total. The Balaban J connectivity index is 2.67. The van der Waals surface area contributed by atoms with Crippen molar-refractivity contribution < 1.29 is 0 Å². The van der Waals surface area contributed by atoms with Gasteiger partial charge in [-0.3, -0.25) is 10.2 Å². The zero-order valence-corrected chi connectivity index (χ0v) is 17.9. The summed E-state index contributed by atoms with van der Waals surface area (Å²) in [6.07, 6.45) is 0. The second-order valence-corrected chi connectivity index (χ2v) is 7.38. The lowest BCUT2D eigenvalue weighted by Crippen LogP contribution is -2.33. The maximum absolute atomic E-state index is 6.21. The number of nitrogens with zero attached hydrogens (tertiary/aromatic N) is 4. The van der Waals surface area contributed by atoms with Gasteiger partial charge in [0.05, 0.1) is 12.4 Å². The SMILES string of the molecule is CCNCN(c1nc(Cl)nc(NCC)n1)c1c(C(C)C)cccc1C(C)C. The van der Waals surface area contributed by atoms with Crippen LogP contribution in [0.3, 0.4) is 0 Å². The van der Waals surface area contributed by atoms with E-state index in [9.17, 15) is 0 Å². The van der Waals surface area contributed by atoms with E-state index in [4.69, 9.17) is 11.6 Å². The normalized spacial score (nSPS) is 11.3. The number of aromatic nitrogens is 3. The summed E-state index contributed by atoms with van der Waals surface area (Å²) in [6, 6.07) is 6.49. The average molecular weight is 391 g/mol. The molecule has 27 heavy (non-hydrogen) atoms. The Morgan fingerprint density at radius 3 is 2.11 bits per heavy atom. The minimum absolute atomic E-state index is 0.186. The molecule has 0 saturated heterocycles. The monoisotopic (exact) mass is 390 g/mol. The topological polar surface area (TPSA) is 66.0 Å². The summed E-state index contributed by atoms with van der Waals surface area (Å²) in [5, 5.41) is 6.73. The summed E-state index contributed by atoms with van der Waals surface area (Å²) < 4.78 is 0. The van der Waals surface area contributed by atoms with E-state index in [1.807, 2.05) is 6.92 Å². The van der Waals surface area contributed by atoms with Crippen LogP contribution in [0.15, 0.2) is 18.2 Å². The molecule has 1 aromatic heterocycles. The van der Waals surface area contributed by atoms with E-state index in [1.165, 1.54) is 11.1 Å². The van der Waals surface area contributed by atoms with Crippen molar-refractivity contribution in [3.63, 3.8) is 0 Å². The molecular formula is C20H31ClN6. The second kappa shape index (κ2) is 9.85. The third-order valence-electron chi connectivity index (χ3n) is 4.30. The maximum Gasteiger partial charge on any atom is 0.237 e. The minimum Gasteiger partial charge on any atom is -0.354 e. The zero-order valence-electron chi connectivity index (χ0n) is 17.2. The van der Waals surface area contributed by atoms with Crippen molar-refractivity contribution in [2.24, 2.45) is 0 Å². The van der Waals surface area contributed by atoms with E-state index in [-0.39, 0.29) is 5.28 Å². The van der Waals surface area contributed by atoms with Crippen LogP contribution in [0.4, 0.5) is 17.6 Å². The second-order valence-electron chi connectivity index (χ2n) is 7.04. The Morgan fingerprint density at radius 2 is 1.59 bits per heavy atom. The Hall–Kier alpha value is -1.92. The first-order chi connectivity index (χ1) is 12.9. The van der Waals surface area contributed by atoms with Crippen LogP contribution < -0.4 is 15.5 Å². The van der Waals surface area contributed by atoms with Gasteiger partial charge in [0.1, 0.15) is 0 Å². The van der Waals surface area contributed by atoms with E-state index < -0.39 is 0 Å². The Kier molecular flexibility index (Phi) is 7.80. The van der Waals surface area contributed by atoms with E-state index in [2.05, 4.69) is 83.3 Å². The van der Waals surface area contributed by atoms with Crippen LogP contribution in [0.5, 0.6) is 0 Å². The van der Waals surface area contributed by atoms with Crippen LogP contribution in [0.1, 0.15) is 64.5 Å². The fourth-order valence-electron chi connectivity index (χ4n) is 2.99. The number of nitrogens with one attached hydrogen (secondary N) is 2. The van der Waals surface area contributed by atoms with E-state index >= 15 is 0 Å². The number of para-hydroxylation sites is 1. The van der Waals surface area contributed by atoms with Crippen LogP contribution in [0.2, 0.25) is 5.28 Å². The number of benzene rings is 1. The van der Waals surface area contributed by atoms with Crippen molar-refractivity contribution >= 4 is 29.2 Å². The minimum atomic E-state index is 0.186. The van der Waals surface area contributed by atoms with Crippen molar-refractivity contribution in [1.82, 2.24) is 20.3 Å². The molecule has 7 heteroatoms. The fourth-order valence-corrected chi connectivity index (χ4v) is 3.15. The van der Waals surface area contributed by atoms with Crippen molar-refractivity contribution in [3.8, 4) is 0 Å². The van der Waals surface area contributed by atoms with Gasteiger partial charge >= 0.3 is 0 Å². The van der Waals surface area contributed by atoms with Gasteiger partial charge in [-0.25, -0.2) is 0 Å². The molecule has 0 saturated carbocycles. The van der Waals surface area contributed by atoms with Gasteiger partial charge in [0.25, 0.3) is 0 Å². The molecule has 1 heterocycles. The molecule has 0 aliphatic carbocycles. The van der Waals surface area contributed by atoms with Gasteiger partial charge in [-0.1, -0.05) is 52.8 Å². The number of anilines is 3. The highest BCUT2D eigenvalue weighted by molar-refractivity contribution is 6.28. The zero-order chi connectivity index (χ0) is 20.0. The molecular weight excluding hydrogens is 360 g/mol. The lowest BCUT2D eigenvalue weighted by atomic mass is 9.92. The van der Waals surface area contributed by atoms with Crippen LogP contribution in [0.25, 0.3) is 0 Å². The summed E-state index contributed by atoms with van der Waals surface area (Å²) in [7, 11) is 0. The summed E-state index contributed by atoms with van der Waals surface area (Å²) >= 11 is 6.21. The fraction of sp³-hybridized carbons (Fsp3) is 0.550. The third-order valence-corrected chi connectivity index (χ3v) is 4.47. The van der Waals surface area contributed by atoms with Gasteiger partial charge in [0.2, 0.25) is 17.2 Å². The van der Waals surface area contributed by atoms with Crippen molar-refractivity contribution in [3.05, 3.63) is 34.6 Å². The van der Waals surface area contributed by atoms with Crippen molar-refractivity contribution in [2.45, 2.75) is 53.4 Å². The number of halogens is 1. The first kappa shape index (κ1) is 21.4. The Bertz CT molecular complexity index is 721. The summed E-state index contributed by atoms with van der Waals surface area (Å²) in [5.74, 6) is 1.77. The third kappa shape index (κ3) is 5.30. The number of hydrogen-bond acceptors (Lipinski definition) is 6. The molecule has 0 atom stereocenters. The molecule has 2 aromatic rings. The van der Waals surface area contributed by atoms with Crippen molar-refractivity contribution in [2.75, 3.05) is 30.0 Å². The lowest BCUT2D eigenvalue weighted by molar-refractivity contribution is 0.700. The van der Waals surface area contributed by atoms with Gasteiger partial charge in [-0.2, -0.15) is 15.0 Å². The lowest BCUT2D eigenvalue weighted by Gasteiger charge is -2.30. The smallest absolute Gasteiger partial charge is 0.237 e. The van der Waals surface area contributed by atoms with Crippen LogP contribution in [-0.4, -0.2) is 34.7 Å². The van der Waals surface area contributed by atoms with Gasteiger partial charge in [-0.05, 0) is 48.0 Å². The molecule has 0 aliphatic rings. The molecule has 0 spiro atoms. The maximum atomic E-state index is 6.21. The van der Waals surface area contributed by atoms with Gasteiger partial charge < -0.3 is 5.32 Å². The summed E-state index contributed by atoms with van der Waals surface area (Å²) in [4.78, 5) is 15.4. The highest BCUT2D eigenvalue weighted by Crippen LogP contribution is 2.38. The molecule has 0 bridgehead atoms. The van der Waals surface area contributed by atoms with Crippen LogP contribution in [-0.2, 0) is 0 Å². The summed E-state index contributed by atoms with van der Waals surface area (Å²) in [5.41, 5.74) is 3.68. The van der Waals surface area contributed by atoms with Crippen LogP contribution in [0, 0.1) is 0 Å². The number of rotatable bonds is 9. The summed E-state index contributed by atoms with van der Waals surface area (Å²) in [6.45, 7) is 15.1. The Labute approximate surface area is 167 Å². The first-order valence-corrected chi connectivity index (χ1v) is 10.0. The predicted molar refractivity (Wildman–Crippen MR) is 114 cm³/mol. The molecule has 0 radical (unpaired) electrons. The molecule has 0 aliphatic heterocycles. The molecule has 2 rings (SSSR count). The quantitative estimate of drug-likeness (QED) is 0.593. The first-order valence-electron chi connectivity index (χ1n) is 9.65. The average Bonchev–Trinajstić information content (AvgIpc) is 2.61. The largest absolute Gasteiger partial charge is 0.354 e. The molecule has 0 amide bonds. The molecule has 2 N–H and O–H groups in total. The molecule has 0 unspecified atom stereocenters. The van der Waals surface area contributed by atoms with Gasteiger partial charge in [0.15, 0.2) is 0 Å². The van der Waals surface area contributed by atoms with E-state index in [1.54, 1.807) is 0 Å². The Morgan fingerprint density at radius 1 is 0.963 bits per heavy atom. The highest BCUT2D eigenvalue weighted by atomic mass is 35.5. The van der Waals surface area contributed by atoms with Crippen molar-refractivity contribution in [1.29, 1.82) is 0 Å². The van der Waals surface area contributed by atoms with E-state index in [0.717, 1.165) is 12.2 Å². The van der Waals surface area contributed by atoms with Gasteiger partial charge in [-0.15, -0.1) is 0 Å². The molecule has 148 valence electrons. The van der Waals surface area contributed by atoms with Gasteiger partial charge in [0, 0.05) is 6.54 Å². The molecule has 0 fully saturated rings. The predicted octanol–water partition coefficient (Wildman–Crippen LogP) is 4.91. The molecule has 1 aromatic carbocycles.